The summed E-state index contributed by atoms with van der Waals surface area (Å²) in [6, 6.07) is 18.4. The van der Waals surface area contributed by atoms with Crippen molar-refractivity contribution < 1.29 is 19.1 Å². The van der Waals surface area contributed by atoms with Crippen LogP contribution in [0.2, 0.25) is 0 Å². The molecule has 1 aliphatic heterocycles. The summed E-state index contributed by atoms with van der Waals surface area (Å²) >= 11 is 3.75. The van der Waals surface area contributed by atoms with Crippen LogP contribution in [0.15, 0.2) is 81.6 Å². The third-order valence-corrected chi connectivity index (χ3v) is 9.15. The Labute approximate surface area is 250 Å². The fraction of sp³-hybridized carbons (Fsp3) is 0.371. The van der Waals surface area contributed by atoms with Crippen molar-refractivity contribution in [2.24, 2.45) is 10.8 Å². The van der Waals surface area contributed by atoms with E-state index >= 15 is 0 Å². The molecule has 0 unspecified atom stereocenters. The van der Waals surface area contributed by atoms with Gasteiger partial charge in [0.1, 0.15) is 6.61 Å². The van der Waals surface area contributed by atoms with Crippen molar-refractivity contribution in [2.45, 2.75) is 65.9 Å². The maximum Gasteiger partial charge on any atom is 0.175 e. The van der Waals surface area contributed by atoms with Gasteiger partial charge in [0.05, 0.1) is 11.6 Å². The highest BCUT2D eigenvalue weighted by Crippen LogP contribution is 2.52. The van der Waals surface area contributed by atoms with Crippen LogP contribution in [0.1, 0.15) is 70.4 Å². The van der Waals surface area contributed by atoms with Gasteiger partial charge < -0.3 is 14.8 Å². The predicted octanol–water partition coefficient (Wildman–Crippen LogP) is 8.16. The number of Topliss-reactive ketones (excluding diaryl/α,β-unsaturated/α-hetero) is 2. The number of benzene rings is 3. The molecule has 0 saturated carbocycles. The minimum Gasteiger partial charge on any atom is -0.493 e. The number of nitrogens with one attached hydrogen (secondary N) is 1. The highest BCUT2D eigenvalue weighted by molar-refractivity contribution is 9.10. The average molecular weight is 615 g/mol. The second-order valence-electron chi connectivity index (χ2n) is 13.2. The number of allylic oxidation sites excluding steroid dienone is 4. The van der Waals surface area contributed by atoms with Crippen molar-refractivity contribution in [3.8, 4) is 11.5 Å². The van der Waals surface area contributed by atoms with Crippen LogP contribution in [-0.4, -0.2) is 18.7 Å². The average Bonchev–Trinajstić information content (AvgIpc) is 2.89. The van der Waals surface area contributed by atoms with Crippen LogP contribution >= 0.6 is 15.9 Å². The van der Waals surface area contributed by atoms with Crippen LogP contribution in [0.25, 0.3) is 10.8 Å². The Hall–Kier alpha value is -3.38. The molecular weight excluding hydrogens is 578 g/mol. The third-order valence-electron chi connectivity index (χ3n) is 8.56. The normalized spacial score (nSPS) is 20.0. The number of carbonyl (C=O) groups excluding carboxylic acids is 2. The minimum absolute atomic E-state index is 0.101. The van der Waals surface area contributed by atoms with E-state index in [-0.39, 0.29) is 22.4 Å². The molecule has 0 spiro atoms. The first-order valence-corrected chi connectivity index (χ1v) is 15.0. The van der Waals surface area contributed by atoms with E-state index in [1.165, 1.54) is 0 Å². The van der Waals surface area contributed by atoms with E-state index in [1.807, 2.05) is 30.3 Å². The van der Waals surface area contributed by atoms with Gasteiger partial charge in [-0.05, 0) is 73.6 Å². The smallest absolute Gasteiger partial charge is 0.175 e. The van der Waals surface area contributed by atoms with Gasteiger partial charge in [-0.3, -0.25) is 9.59 Å². The summed E-state index contributed by atoms with van der Waals surface area (Å²) in [4.78, 5) is 27.4. The molecule has 6 heteroatoms. The third kappa shape index (κ3) is 5.12. The Morgan fingerprint density at radius 3 is 2.10 bits per heavy atom. The Morgan fingerprint density at radius 2 is 1.46 bits per heavy atom. The number of halogens is 1. The molecule has 1 heterocycles. The van der Waals surface area contributed by atoms with Crippen molar-refractivity contribution >= 4 is 38.3 Å². The lowest BCUT2D eigenvalue weighted by Crippen LogP contribution is -2.42. The van der Waals surface area contributed by atoms with Gasteiger partial charge >= 0.3 is 0 Å². The van der Waals surface area contributed by atoms with Crippen LogP contribution in [0.3, 0.4) is 0 Å². The molecule has 3 aliphatic rings. The molecule has 0 fully saturated rings. The molecule has 5 nitrogen and oxygen atoms in total. The van der Waals surface area contributed by atoms with Crippen LogP contribution in [0.5, 0.6) is 11.5 Å². The molecule has 3 aromatic rings. The molecule has 0 saturated heterocycles. The SMILES string of the molecule is COc1cc(C2C3=C(CC(C)(C)CC3=O)NC3=C2C(=O)CC(C)(C)C3)cc(Br)c1OCc1cccc2ccccc12. The van der Waals surface area contributed by atoms with Gasteiger partial charge in [0.25, 0.3) is 0 Å². The highest BCUT2D eigenvalue weighted by Gasteiger charge is 2.46. The first-order valence-electron chi connectivity index (χ1n) is 14.2. The topological polar surface area (TPSA) is 64.6 Å². The maximum absolute atomic E-state index is 13.7. The van der Waals surface area contributed by atoms with E-state index in [2.05, 4.69) is 73.2 Å². The Bertz CT molecular complexity index is 1600. The molecule has 41 heavy (non-hydrogen) atoms. The van der Waals surface area contributed by atoms with Gasteiger partial charge in [-0.1, -0.05) is 70.2 Å². The molecule has 6 rings (SSSR count). The van der Waals surface area contributed by atoms with Crippen LogP contribution in [0, 0.1) is 10.8 Å². The molecule has 2 aliphatic carbocycles. The first kappa shape index (κ1) is 27.8. The lowest BCUT2D eigenvalue weighted by molar-refractivity contribution is -0.119. The number of fused-ring (bicyclic) bond motifs is 1. The van der Waals surface area contributed by atoms with E-state index in [0.29, 0.717) is 30.9 Å². The Balaban J connectivity index is 1.42. The lowest BCUT2D eigenvalue weighted by atomic mass is 9.64. The van der Waals surface area contributed by atoms with Gasteiger partial charge in [-0.2, -0.15) is 0 Å². The van der Waals surface area contributed by atoms with Crippen LogP contribution in [-0.2, 0) is 16.2 Å². The monoisotopic (exact) mass is 613 g/mol. The number of ketones is 2. The summed E-state index contributed by atoms with van der Waals surface area (Å²) in [5, 5.41) is 5.89. The molecule has 1 N–H and O–H groups in total. The summed E-state index contributed by atoms with van der Waals surface area (Å²) in [5.41, 5.74) is 4.99. The highest BCUT2D eigenvalue weighted by atomic mass is 79.9. The number of carbonyl (C=O) groups is 2. The Kier molecular flexibility index (Phi) is 6.88. The molecule has 0 atom stereocenters. The van der Waals surface area contributed by atoms with Crippen molar-refractivity contribution in [2.75, 3.05) is 7.11 Å². The molecule has 212 valence electrons. The fourth-order valence-electron chi connectivity index (χ4n) is 6.84. The quantitative estimate of drug-likeness (QED) is 0.314. The standard InChI is InChI=1S/C35H36BrNO4/c1-34(2)15-25-31(27(38)17-34)30(32-26(37-25)16-35(3,4)18-28(32)39)22-13-24(36)33(29(14-22)40-5)41-19-21-11-8-10-20-9-6-7-12-23(20)21/h6-14,30,37H,15-19H2,1-5H3. The van der Waals surface area contributed by atoms with Crippen LogP contribution in [0.4, 0.5) is 0 Å². The summed E-state index contributed by atoms with van der Waals surface area (Å²) in [6.45, 7) is 8.90. The first-order chi connectivity index (χ1) is 19.5. The van der Waals surface area contributed by atoms with E-state index < -0.39 is 5.92 Å². The van der Waals surface area contributed by atoms with Crippen molar-refractivity contribution in [3.63, 3.8) is 0 Å². The number of hydrogen-bond donors (Lipinski definition) is 1. The number of methoxy groups -OCH3 is 1. The van der Waals surface area contributed by atoms with Crippen molar-refractivity contribution in [1.29, 1.82) is 0 Å². The second kappa shape index (κ2) is 10.2. The summed E-state index contributed by atoms with van der Waals surface area (Å²) in [7, 11) is 1.62. The van der Waals surface area contributed by atoms with Gasteiger partial charge in [0.15, 0.2) is 23.1 Å². The molecule has 3 aromatic carbocycles. The predicted molar refractivity (Wildman–Crippen MR) is 165 cm³/mol. The van der Waals surface area contributed by atoms with E-state index in [9.17, 15) is 9.59 Å². The van der Waals surface area contributed by atoms with Crippen molar-refractivity contribution in [3.05, 3.63) is 92.7 Å². The maximum atomic E-state index is 13.7. The lowest BCUT2D eigenvalue weighted by Gasteiger charge is -2.44. The summed E-state index contributed by atoms with van der Waals surface area (Å²) in [6.07, 6.45) is 2.44. The molecule has 0 aromatic heterocycles. The number of rotatable bonds is 5. The van der Waals surface area contributed by atoms with Gasteiger partial charge in [0.2, 0.25) is 0 Å². The molecule has 0 radical (unpaired) electrons. The zero-order valence-corrected chi connectivity index (χ0v) is 25.9. The fourth-order valence-corrected chi connectivity index (χ4v) is 7.41. The number of hydrogen-bond acceptors (Lipinski definition) is 5. The minimum atomic E-state index is -0.439. The van der Waals surface area contributed by atoms with E-state index in [0.717, 1.165) is 61.8 Å². The zero-order chi connectivity index (χ0) is 29.1. The molecule has 0 amide bonds. The van der Waals surface area contributed by atoms with E-state index in [1.54, 1.807) is 7.11 Å². The second-order valence-corrected chi connectivity index (χ2v) is 14.0. The molecular formula is C35H36BrNO4. The molecule has 0 bridgehead atoms. The van der Waals surface area contributed by atoms with Crippen molar-refractivity contribution in [1.82, 2.24) is 5.32 Å². The summed E-state index contributed by atoms with van der Waals surface area (Å²) < 4.78 is 12.9. The largest absolute Gasteiger partial charge is 0.493 e. The van der Waals surface area contributed by atoms with Gasteiger partial charge in [-0.15, -0.1) is 0 Å². The van der Waals surface area contributed by atoms with Gasteiger partial charge in [0, 0.05) is 41.3 Å². The number of ether oxygens (including phenoxy) is 2. The van der Waals surface area contributed by atoms with Gasteiger partial charge in [-0.25, -0.2) is 0 Å². The van der Waals surface area contributed by atoms with E-state index in [4.69, 9.17) is 9.47 Å². The Morgan fingerprint density at radius 1 is 0.854 bits per heavy atom. The zero-order valence-electron chi connectivity index (χ0n) is 24.3. The van der Waals surface area contributed by atoms with Crippen LogP contribution < -0.4 is 14.8 Å². The number of dihydropyridines is 1. The summed E-state index contributed by atoms with van der Waals surface area (Å²) in [5.74, 6) is 0.915.